The molecule has 0 spiro atoms. The molecule has 0 radical (unpaired) electrons. The minimum Gasteiger partial charge on any atom is -0.468 e. The van der Waals surface area contributed by atoms with E-state index in [1.165, 1.54) is 26.4 Å². The normalized spacial score (nSPS) is 25.6. The molecule has 0 aromatic rings. The van der Waals surface area contributed by atoms with Crippen LogP contribution < -0.4 is 5.32 Å². The number of nitrogens with one attached hydrogen (secondary N) is 1. The van der Waals surface area contributed by atoms with Gasteiger partial charge in [-0.25, -0.2) is 0 Å². The molecular weight excluding hydrogens is 214 g/mol. The Morgan fingerprint density at radius 3 is 2.47 bits per heavy atom. The summed E-state index contributed by atoms with van der Waals surface area (Å²) in [6.45, 7) is 8.70. The van der Waals surface area contributed by atoms with E-state index in [9.17, 15) is 4.79 Å². The Bertz CT molecular complexity index is 261. The van der Waals surface area contributed by atoms with Gasteiger partial charge in [0.05, 0.1) is 7.11 Å². The molecule has 3 heteroatoms. The zero-order chi connectivity index (χ0) is 13.1. The minimum atomic E-state index is -0.178. The summed E-state index contributed by atoms with van der Waals surface area (Å²) in [4.78, 5) is 11.8. The average Bonchev–Trinajstić information content (AvgIpc) is 2.25. The van der Waals surface area contributed by atoms with Crippen LogP contribution in [-0.2, 0) is 9.53 Å². The monoisotopic (exact) mass is 241 g/mol. The molecule has 100 valence electrons. The molecule has 0 aliphatic heterocycles. The number of hydrogen-bond donors (Lipinski definition) is 1. The smallest absolute Gasteiger partial charge is 0.323 e. The highest BCUT2D eigenvalue weighted by molar-refractivity contribution is 5.76. The molecule has 3 nitrogen and oxygen atoms in total. The van der Waals surface area contributed by atoms with Gasteiger partial charge in [0.1, 0.15) is 6.04 Å². The molecule has 1 N–H and O–H groups in total. The van der Waals surface area contributed by atoms with Crippen molar-refractivity contribution >= 4 is 5.97 Å². The molecule has 1 aliphatic rings. The molecule has 2 atom stereocenters. The Hall–Kier alpha value is -0.570. The van der Waals surface area contributed by atoms with Gasteiger partial charge >= 0.3 is 5.97 Å². The Labute approximate surface area is 105 Å². The van der Waals surface area contributed by atoms with Crippen LogP contribution >= 0.6 is 0 Å². The average molecular weight is 241 g/mol. The Balaban J connectivity index is 2.68. The van der Waals surface area contributed by atoms with Crippen molar-refractivity contribution in [3.63, 3.8) is 0 Å². The molecule has 1 aliphatic carbocycles. The molecule has 1 unspecified atom stereocenters. The van der Waals surface area contributed by atoms with Gasteiger partial charge in [-0.1, -0.05) is 40.5 Å². The van der Waals surface area contributed by atoms with Gasteiger partial charge in [-0.3, -0.25) is 4.79 Å². The third kappa shape index (κ3) is 3.70. The Kier molecular flexibility index (Phi) is 4.99. The van der Waals surface area contributed by atoms with Gasteiger partial charge in [0.15, 0.2) is 0 Å². The first-order valence-corrected chi connectivity index (χ1v) is 6.72. The second-order valence-corrected chi connectivity index (χ2v) is 6.20. The van der Waals surface area contributed by atoms with Gasteiger partial charge in [0.2, 0.25) is 0 Å². The largest absolute Gasteiger partial charge is 0.468 e. The zero-order valence-corrected chi connectivity index (χ0v) is 11.9. The van der Waals surface area contributed by atoms with Crippen molar-refractivity contribution in [2.45, 2.75) is 65.5 Å². The number of methoxy groups -OCH3 is 1. The molecule has 0 saturated heterocycles. The van der Waals surface area contributed by atoms with Gasteiger partial charge in [-0.2, -0.15) is 0 Å². The molecule has 17 heavy (non-hydrogen) atoms. The van der Waals surface area contributed by atoms with Gasteiger partial charge in [-0.15, -0.1) is 0 Å². The molecule has 0 aromatic carbocycles. The summed E-state index contributed by atoms with van der Waals surface area (Å²) < 4.78 is 4.88. The fourth-order valence-electron chi connectivity index (χ4n) is 2.68. The van der Waals surface area contributed by atoms with E-state index in [4.69, 9.17) is 4.74 Å². The lowest BCUT2D eigenvalue weighted by atomic mass is 9.73. The minimum absolute atomic E-state index is 0.138. The van der Waals surface area contributed by atoms with Crippen molar-refractivity contribution in [1.82, 2.24) is 5.32 Å². The summed E-state index contributed by atoms with van der Waals surface area (Å²) in [5.74, 6) is 0.126. The van der Waals surface area contributed by atoms with Crippen molar-refractivity contribution < 1.29 is 9.53 Å². The predicted octanol–water partition coefficient (Wildman–Crippen LogP) is 2.74. The fraction of sp³-hybridized carbons (Fsp3) is 0.929. The van der Waals surface area contributed by atoms with Crippen LogP contribution in [0.15, 0.2) is 0 Å². The van der Waals surface area contributed by atoms with Crippen LogP contribution in [0.1, 0.15) is 53.4 Å². The van der Waals surface area contributed by atoms with E-state index in [0.29, 0.717) is 6.04 Å². The number of rotatable bonds is 4. The molecule has 1 rings (SSSR count). The number of carbonyl (C=O) groups excluding carboxylic acids is 1. The van der Waals surface area contributed by atoms with Crippen molar-refractivity contribution in [3.8, 4) is 0 Å². The highest BCUT2D eigenvalue weighted by Gasteiger charge is 2.35. The van der Waals surface area contributed by atoms with Crippen LogP contribution in [0.2, 0.25) is 0 Å². The lowest BCUT2D eigenvalue weighted by Crippen LogP contribution is -2.53. The van der Waals surface area contributed by atoms with Crippen LogP contribution in [-0.4, -0.2) is 25.2 Å². The summed E-state index contributed by atoms with van der Waals surface area (Å²) in [6.07, 6.45) is 4.95. The number of esters is 1. The lowest BCUT2D eigenvalue weighted by Gasteiger charge is -2.41. The quantitative estimate of drug-likeness (QED) is 0.769. The zero-order valence-electron chi connectivity index (χ0n) is 11.9. The summed E-state index contributed by atoms with van der Waals surface area (Å²) in [5, 5.41) is 3.52. The highest BCUT2D eigenvalue weighted by Crippen LogP contribution is 2.35. The first kappa shape index (κ1) is 14.5. The van der Waals surface area contributed by atoms with Gasteiger partial charge in [-0.05, 0) is 24.2 Å². The third-order valence-electron chi connectivity index (χ3n) is 4.01. The van der Waals surface area contributed by atoms with Gasteiger partial charge in [0.25, 0.3) is 0 Å². The molecule has 0 bridgehead atoms. The molecule has 1 saturated carbocycles. The van der Waals surface area contributed by atoms with Crippen LogP contribution in [0.5, 0.6) is 0 Å². The molecule has 1 fully saturated rings. The highest BCUT2D eigenvalue weighted by atomic mass is 16.5. The van der Waals surface area contributed by atoms with E-state index < -0.39 is 0 Å². The molecular formula is C14H27NO2. The summed E-state index contributed by atoms with van der Waals surface area (Å²) in [6, 6.07) is 0.241. The van der Waals surface area contributed by atoms with Crippen molar-refractivity contribution in [2.75, 3.05) is 7.11 Å². The lowest BCUT2D eigenvalue weighted by molar-refractivity contribution is -0.145. The van der Waals surface area contributed by atoms with E-state index in [2.05, 4.69) is 33.0 Å². The first-order valence-electron chi connectivity index (χ1n) is 6.72. The van der Waals surface area contributed by atoms with Crippen molar-refractivity contribution in [1.29, 1.82) is 0 Å². The maximum absolute atomic E-state index is 11.8. The van der Waals surface area contributed by atoms with Crippen LogP contribution in [0, 0.1) is 11.3 Å². The van der Waals surface area contributed by atoms with Crippen LogP contribution in [0.4, 0.5) is 0 Å². The number of ether oxygens (including phenoxy) is 1. The molecule has 0 amide bonds. The van der Waals surface area contributed by atoms with Crippen molar-refractivity contribution in [2.24, 2.45) is 11.3 Å². The van der Waals surface area contributed by atoms with E-state index in [-0.39, 0.29) is 23.3 Å². The first-order chi connectivity index (χ1) is 7.88. The Morgan fingerprint density at radius 2 is 2.00 bits per heavy atom. The van der Waals surface area contributed by atoms with E-state index >= 15 is 0 Å². The van der Waals surface area contributed by atoms with Crippen molar-refractivity contribution in [3.05, 3.63) is 0 Å². The molecule has 0 heterocycles. The standard InChI is InChI=1S/C14H27NO2/c1-10(2)12(13(16)17-5)15-11-8-6-7-9-14(11,3)4/h10-12,15H,6-9H2,1-5H3/t11?,12-/m0/s1. The van der Waals surface area contributed by atoms with Gasteiger partial charge in [0, 0.05) is 6.04 Å². The summed E-state index contributed by atoms with van der Waals surface area (Å²) in [7, 11) is 1.46. The van der Waals surface area contributed by atoms with E-state index in [1.807, 2.05) is 0 Å². The maximum Gasteiger partial charge on any atom is 0.323 e. The van der Waals surface area contributed by atoms with E-state index in [1.54, 1.807) is 0 Å². The molecule has 0 aromatic heterocycles. The maximum atomic E-state index is 11.8. The predicted molar refractivity (Wildman–Crippen MR) is 69.8 cm³/mol. The number of carbonyl (C=O) groups is 1. The number of hydrogen-bond acceptors (Lipinski definition) is 3. The summed E-state index contributed by atoms with van der Waals surface area (Å²) >= 11 is 0. The third-order valence-corrected chi connectivity index (χ3v) is 4.01. The van der Waals surface area contributed by atoms with Gasteiger partial charge < -0.3 is 10.1 Å². The second kappa shape index (κ2) is 5.85. The van der Waals surface area contributed by atoms with Crippen LogP contribution in [0.3, 0.4) is 0 Å². The summed E-state index contributed by atoms with van der Waals surface area (Å²) in [5.41, 5.74) is 0.277. The SMILES string of the molecule is COC(=O)[C@@H](NC1CCCCC1(C)C)C(C)C. The van der Waals surface area contributed by atoms with E-state index in [0.717, 1.165) is 6.42 Å². The van der Waals surface area contributed by atoms with Crippen LogP contribution in [0.25, 0.3) is 0 Å². The Morgan fingerprint density at radius 1 is 1.35 bits per heavy atom. The second-order valence-electron chi connectivity index (χ2n) is 6.20. The fourth-order valence-corrected chi connectivity index (χ4v) is 2.68. The topological polar surface area (TPSA) is 38.3 Å².